The Labute approximate surface area is 105 Å². The van der Waals surface area contributed by atoms with Crippen LogP contribution in [0, 0.1) is 11.6 Å². The Hall–Kier alpha value is -1.55. The van der Waals surface area contributed by atoms with Gasteiger partial charge in [0.05, 0.1) is 5.69 Å². The molecule has 0 spiro atoms. The van der Waals surface area contributed by atoms with Gasteiger partial charge >= 0.3 is 0 Å². The Bertz CT molecular complexity index is 614. The van der Waals surface area contributed by atoms with E-state index in [1.165, 1.54) is 12.8 Å². The molecule has 0 bridgehead atoms. The fourth-order valence-electron chi connectivity index (χ4n) is 1.95. The van der Waals surface area contributed by atoms with Crippen LogP contribution in [0.3, 0.4) is 0 Å². The summed E-state index contributed by atoms with van der Waals surface area (Å²) in [5, 5.41) is 0. The van der Waals surface area contributed by atoms with E-state index in [0.717, 1.165) is 22.6 Å². The average Bonchev–Trinajstić information content (AvgIpc) is 3.12. The highest BCUT2D eigenvalue weighted by Crippen LogP contribution is 2.38. The first-order valence-electron chi connectivity index (χ1n) is 5.76. The van der Waals surface area contributed by atoms with Crippen LogP contribution < -0.4 is 0 Å². The molecule has 3 nitrogen and oxygen atoms in total. The largest absolute Gasteiger partial charge is 0.343 e. The molecule has 0 atom stereocenters. The Balaban J connectivity index is 2.14. The SMILES string of the molecule is Cc1cnccc1-c1cc(=S)nc(C2CC2)[nH]1. The Morgan fingerprint density at radius 3 is 2.94 bits per heavy atom. The molecule has 0 saturated heterocycles. The standard InChI is InChI=1S/C13H13N3S/c1-8-7-14-5-4-10(8)11-6-12(17)16-13(15-11)9-2-3-9/h4-7,9H,2-3H2,1H3,(H,15,16,17). The minimum absolute atomic E-state index is 0.582. The number of hydrogen-bond donors (Lipinski definition) is 1. The molecule has 0 unspecified atom stereocenters. The van der Waals surface area contributed by atoms with Crippen molar-refractivity contribution in [1.82, 2.24) is 15.0 Å². The van der Waals surface area contributed by atoms with Gasteiger partial charge in [-0.2, -0.15) is 0 Å². The third kappa shape index (κ3) is 2.13. The fourth-order valence-corrected chi connectivity index (χ4v) is 2.16. The molecule has 17 heavy (non-hydrogen) atoms. The van der Waals surface area contributed by atoms with Crippen molar-refractivity contribution in [3.63, 3.8) is 0 Å². The van der Waals surface area contributed by atoms with Crippen LogP contribution in [0.4, 0.5) is 0 Å². The maximum atomic E-state index is 5.23. The quantitative estimate of drug-likeness (QED) is 0.822. The first-order chi connectivity index (χ1) is 8.24. The third-order valence-corrected chi connectivity index (χ3v) is 3.24. The lowest BCUT2D eigenvalue weighted by Crippen LogP contribution is -1.96. The lowest BCUT2D eigenvalue weighted by molar-refractivity contribution is 0.923. The molecular formula is C13H13N3S. The van der Waals surface area contributed by atoms with Gasteiger partial charge in [0.25, 0.3) is 0 Å². The third-order valence-electron chi connectivity index (χ3n) is 3.04. The number of aryl methyl sites for hydroxylation is 1. The maximum absolute atomic E-state index is 5.23. The van der Waals surface area contributed by atoms with Gasteiger partial charge in [-0.1, -0.05) is 12.2 Å². The van der Waals surface area contributed by atoms with E-state index in [2.05, 4.69) is 21.9 Å². The van der Waals surface area contributed by atoms with E-state index in [1.807, 2.05) is 18.3 Å². The van der Waals surface area contributed by atoms with E-state index in [9.17, 15) is 0 Å². The topological polar surface area (TPSA) is 41.6 Å². The summed E-state index contributed by atoms with van der Waals surface area (Å²) in [5.74, 6) is 1.61. The highest BCUT2D eigenvalue weighted by Gasteiger charge is 2.26. The molecule has 0 radical (unpaired) electrons. The van der Waals surface area contributed by atoms with Crippen molar-refractivity contribution in [2.45, 2.75) is 25.7 Å². The predicted molar refractivity (Wildman–Crippen MR) is 69.4 cm³/mol. The van der Waals surface area contributed by atoms with E-state index < -0.39 is 0 Å². The maximum Gasteiger partial charge on any atom is 0.130 e. The second kappa shape index (κ2) is 4.04. The van der Waals surface area contributed by atoms with Gasteiger partial charge < -0.3 is 4.98 Å². The van der Waals surface area contributed by atoms with Crippen LogP contribution in [0.1, 0.15) is 30.1 Å². The Morgan fingerprint density at radius 2 is 2.24 bits per heavy atom. The first-order valence-corrected chi connectivity index (χ1v) is 6.17. The van der Waals surface area contributed by atoms with Crippen molar-refractivity contribution < 1.29 is 0 Å². The number of H-pyrrole nitrogens is 1. The molecule has 1 N–H and O–H groups in total. The van der Waals surface area contributed by atoms with E-state index in [4.69, 9.17) is 12.2 Å². The fraction of sp³-hybridized carbons (Fsp3) is 0.308. The van der Waals surface area contributed by atoms with Gasteiger partial charge in [0.2, 0.25) is 0 Å². The summed E-state index contributed by atoms with van der Waals surface area (Å²) in [7, 11) is 0. The monoisotopic (exact) mass is 243 g/mol. The zero-order chi connectivity index (χ0) is 11.8. The minimum atomic E-state index is 0.582. The lowest BCUT2D eigenvalue weighted by Gasteiger charge is -2.07. The molecular weight excluding hydrogens is 230 g/mol. The Morgan fingerprint density at radius 1 is 1.41 bits per heavy atom. The van der Waals surface area contributed by atoms with Crippen LogP contribution in [0.2, 0.25) is 0 Å². The van der Waals surface area contributed by atoms with Gasteiger partial charge in [-0.3, -0.25) is 4.98 Å². The van der Waals surface area contributed by atoms with E-state index >= 15 is 0 Å². The summed E-state index contributed by atoms with van der Waals surface area (Å²) in [6, 6.07) is 3.93. The predicted octanol–water partition coefficient (Wildman–Crippen LogP) is 3.39. The molecule has 86 valence electrons. The van der Waals surface area contributed by atoms with E-state index in [-0.39, 0.29) is 0 Å². The van der Waals surface area contributed by atoms with Crippen LogP contribution in [0.15, 0.2) is 24.5 Å². The molecule has 2 aromatic heterocycles. The lowest BCUT2D eigenvalue weighted by atomic mass is 10.1. The highest BCUT2D eigenvalue weighted by molar-refractivity contribution is 7.71. The van der Waals surface area contributed by atoms with Crippen LogP contribution in [0.25, 0.3) is 11.3 Å². The summed E-state index contributed by atoms with van der Waals surface area (Å²) in [6.07, 6.45) is 6.11. The number of rotatable bonds is 2. The van der Waals surface area contributed by atoms with Crippen molar-refractivity contribution in [2.24, 2.45) is 0 Å². The van der Waals surface area contributed by atoms with Crippen molar-refractivity contribution in [3.8, 4) is 11.3 Å². The van der Waals surface area contributed by atoms with Crippen molar-refractivity contribution in [1.29, 1.82) is 0 Å². The number of nitrogens with zero attached hydrogens (tertiary/aromatic N) is 2. The second-order valence-electron chi connectivity index (χ2n) is 4.48. The van der Waals surface area contributed by atoms with Gasteiger partial charge in [-0.15, -0.1) is 0 Å². The molecule has 2 heterocycles. The molecule has 1 fully saturated rings. The van der Waals surface area contributed by atoms with Crippen molar-refractivity contribution in [2.75, 3.05) is 0 Å². The Kier molecular flexibility index (Phi) is 2.52. The van der Waals surface area contributed by atoms with Crippen LogP contribution in [-0.2, 0) is 0 Å². The van der Waals surface area contributed by atoms with E-state index in [1.54, 1.807) is 6.20 Å². The number of aromatic amines is 1. The molecule has 0 aliphatic heterocycles. The molecule has 2 aromatic rings. The van der Waals surface area contributed by atoms with Gasteiger partial charge in [0, 0.05) is 23.9 Å². The van der Waals surface area contributed by atoms with Gasteiger partial charge in [0.15, 0.2) is 0 Å². The van der Waals surface area contributed by atoms with E-state index in [0.29, 0.717) is 10.6 Å². The average molecular weight is 243 g/mol. The zero-order valence-corrected chi connectivity index (χ0v) is 10.4. The first kappa shape index (κ1) is 10.6. The molecule has 0 aromatic carbocycles. The van der Waals surface area contributed by atoms with Crippen molar-refractivity contribution in [3.05, 3.63) is 40.6 Å². The van der Waals surface area contributed by atoms with Crippen LogP contribution in [0.5, 0.6) is 0 Å². The summed E-state index contributed by atoms with van der Waals surface area (Å²) in [6.45, 7) is 2.05. The molecule has 3 rings (SSSR count). The smallest absolute Gasteiger partial charge is 0.130 e. The number of aromatic nitrogens is 3. The summed E-state index contributed by atoms with van der Waals surface area (Å²) in [5.41, 5.74) is 3.34. The summed E-state index contributed by atoms with van der Waals surface area (Å²) in [4.78, 5) is 11.9. The normalized spacial score (nSPS) is 14.9. The number of pyridine rings is 1. The molecule has 4 heteroatoms. The molecule has 1 aliphatic carbocycles. The highest BCUT2D eigenvalue weighted by atomic mass is 32.1. The molecule has 1 aliphatic rings. The zero-order valence-electron chi connectivity index (χ0n) is 9.60. The van der Waals surface area contributed by atoms with Crippen LogP contribution in [-0.4, -0.2) is 15.0 Å². The van der Waals surface area contributed by atoms with Gasteiger partial charge in [-0.25, -0.2) is 4.98 Å². The molecule has 1 saturated carbocycles. The summed E-state index contributed by atoms with van der Waals surface area (Å²) < 4.78 is 0.664. The molecule has 0 amide bonds. The number of hydrogen-bond acceptors (Lipinski definition) is 3. The summed E-state index contributed by atoms with van der Waals surface area (Å²) >= 11 is 5.23. The second-order valence-corrected chi connectivity index (χ2v) is 4.90. The van der Waals surface area contributed by atoms with Gasteiger partial charge in [-0.05, 0) is 37.5 Å². The van der Waals surface area contributed by atoms with Crippen molar-refractivity contribution >= 4 is 12.2 Å². The van der Waals surface area contributed by atoms with Gasteiger partial charge in [0.1, 0.15) is 10.5 Å². The van der Waals surface area contributed by atoms with Crippen LogP contribution >= 0.6 is 12.2 Å². The minimum Gasteiger partial charge on any atom is -0.343 e. The number of nitrogens with one attached hydrogen (secondary N) is 1.